The van der Waals surface area contributed by atoms with E-state index in [1.54, 1.807) is 10.8 Å². The second-order valence-electron chi connectivity index (χ2n) is 5.05. The Labute approximate surface area is 150 Å². The lowest BCUT2D eigenvalue weighted by Crippen LogP contribution is -2.11. The fraction of sp³-hybridized carbons (Fsp3) is 0.0588. The third-order valence-corrected chi connectivity index (χ3v) is 4.04. The second-order valence-corrected chi connectivity index (χ2v) is 5.91. The first-order valence-electron chi connectivity index (χ1n) is 7.05. The fourth-order valence-corrected chi connectivity index (χ4v) is 3.09. The van der Waals surface area contributed by atoms with Crippen molar-refractivity contribution in [2.24, 2.45) is 0 Å². The minimum absolute atomic E-state index is 0.0853. The van der Waals surface area contributed by atoms with E-state index in [1.807, 2.05) is 36.4 Å². The van der Waals surface area contributed by atoms with Gasteiger partial charge in [0.2, 0.25) is 0 Å². The number of rotatable bonds is 3. The number of hydrogen-bond acceptors (Lipinski definition) is 5. The summed E-state index contributed by atoms with van der Waals surface area (Å²) in [6, 6.07) is 11.1. The van der Waals surface area contributed by atoms with Gasteiger partial charge in [0.15, 0.2) is 17.1 Å². The molecule has 0 aliphatic rings. The number of para-hydroxylation sites is 1. The molecule has 0 amide bonds. The van der Waals surface area contributed by atoms with Crippen LogP contribution in [0, 0.1) is 11.3 Å². The molecule has 25 heavy (non-hydrogen) atoms. The number of fused-ring (bicyclic) bond motifs is 1. The van der Waals surface area contributed by atoms with Gasteiger partial charge < -0.3 is 14.4 Å². The summed E-state index contributed by atoms with van der Waals surface area (Å²) in [5.41, 5.74) is 0.513. The van der Waals surface area contributed by atoms with Gasteiger partial charge in [-0.05, 0) is 28.1 Å². The summed E-state index contributed by atoms with van der Waals surface area (Å²) in [7, 11) is 0. The molecule has 124 valence electrons. The number of carboxylic acids is 1. The number of nitrogens with zero attached hydrogens (tertiary/aromatic N) is 3. The third-order valence-electron chi connectivity index (χ3n) is 3.44. The zero-order valence-electron chi connectivity index (χ0n) is 12.9. The van der Waals surface area contributed by atoms with E-state index in [-0.39, 0.29) is 11.4 Å². The van der Waals surface area contributed by atoms with E-state index in [1.165, 1.54) is 0 Å². The van der Waals surface area contributed by atoms with Gasteiger partial charge in [-0.2, -0.15) is 5.26 Å². The SMILES string of the molecule is CC(=O)Oc1c(C(=O)O)nc(C#N)c2c1c(Br)cn2-c1ccccc1. The molecule has 0 fully saturated rings. The summed E-state index contributed by atoms with van der Waals surface area (Å²) < 4.78 is 7.27. The van der Waals surface area contributed by atoms with Gasteiger partial charge in [0.1, 0.15) is 6.07 Å². The minimum atomic E-state index is -1.39. The highest BCUT2D eigenvalue weighted by atomic mass is 79.9. The molecule has 0 saturated heterocycles. The van der Waals surface area contributed by atoms with Gasteiger partial charge >= 0.3 is 11.9 Å². The van der Waals surface area contributed by atoms with Crippen molar-refractivity contribution >= 4 is 38.8 Å². The van der Waals surface area contributed by atoms with Crippen LogP contribution in [0.4, 0.5) is 0 Å². The molecule has 1 aromatic carbocycles. The van der Waals surface area contributed by atoms with Crippen LogP contribution in [0.15, 0.2) is 41.0 Å². The van der Waals surface area contributed by atoms with Crippen molar-refractivity contribution in [3.63, 3.8) is 0 Å². The van der Waals surface area contributed by atoms with Crippen LogP contribution in [-0.4, -0.2) is 26.6 Å². The predicted octanol–water partition coefficient (Wildman–Crippen LogP) is 3.28. The number of ether oxygens (including phenoxy) is 1. The van der Waals surface area contributed by atoms with Crippen LogP contribution in [0.5, 0.6) is 5.75 Å². The van der Waals surface area contributed by atoms with Crippen molar-refractivity contribution in [1.29, 1.82) is 5.26 Å². The third kappa shape index (κ3) is 2.86. The van der Waals surface area contributed by atoms with E-state index < -0.39 is 17.6 Å². The number of aromatic nitrogens is 2. The number of pyridine rings is 1. The molecule has 8 heteroatoms. The van der Waals surface area contributed by atoms with E-state index in [2.05, 4.69) is 20.9 Å². The maximum absolute atomic E-state index is 11.5. The highest BCUT2D eigenvalue weighted by molar-refractivity contribution is 9.10. The van der Waals surface area contributed by atoms with Crippen molar-refractivity contribution < 1.29 is 19.4 Å². The molecule has 7 nitrogen and oxygen atoms in total. The number of halogens is 1. The quantitative estimate of drug-likeness (QED) is 0.677. The molecule has 0 unspecified atom stereocenters. The van der Waals surface area contributed by atoms with E-state index in [0.29, 0.717) is 15.4 Å². The topological polar surface area (TPSA) is 105 Å². The van der Waals surface area contributed by atoms with Gasteiger partial charge in [0.05, 0.1) is 10.9 Å². The number of benzene rings is 1. The summed E-state index contributed by atoms with van der Waals surface area (Å²) in [6.07, 6.45) is 1.67. The lowest BCUT2D eigenvalue weighted by Gasteiger charge is -2.10. The van der Waals surface area contributed by atoms with Gasteiger partial charge in [-0.25, -0.2) is 9.78 Å². The van der Waals surface area contributed by atoms with Gasteiger partial charge in [-0.3, -0.25) is 4.79 Å². The normalized spacial score (nSPS) is 10.4. The Morgan fingerprint density at radius 3 is 2.56 bits per heavy atom. The number of nitriles is 1. The highest BCUT2D eigenvalue weighted by Gasteiger charge is 2.26. The van der Waals surface area contributed by atoms with Crippen LogP contribution >= 0.6 is 15.9 Å². The van der Waals surface area contributed by atoms with Crippen molar-refractivity contribution in [3.8, 4) is 17.5 Å². The molecular weight excluding hydrogens is 390 g/mol. The molecule has 0 radical (unpaired) electrons. The van der Waals surface area contributed by atoms with Crippen molar-refractivity contribution in [3.05, 3.63) is 52.4 Å². The van der Waals surface area contributed by atoms with E-state index in [0.717, 1.165) is 12.6 Å². The smallest absolute Gasteiger partial charge is 0.358 e. The van der Waals surface area contributed by atoms with Gasteiger partial charge in [-0.15, -0.1) is 0 Å². The lowest BCUT2D eigenvalue weighted by atomic mass is 10.2. The highest BCUT2D eigenvalue weighted by Crippen LogP contribution is 2.39. The van der Waals surface area contributed by atoms with Crippen LogP contribution in [0.25, 0.3) is 16.6 Å². The Morgan fingerprint density at radius 2 is 2.00 bits per heavy atom. The summed E-state index contributed by atoms with van der Waals surface area (Å²) in [6.45, 7) is 1.16. The molecule has 1 N–H and O–H groups in total. The first-order chi connectivity index (χ1) is 11.9. The lowest BCUT2D eigenvalue weighted by molar-refractivity contribution is -0.131. The van der Waals surface area contributed by atoms with Crippen molar-refractivity contribution in [2.75, 3.05) is 0 Å². The Kier molecular flexibility index (Phi) is 4.25. The second kappa shape index (κ2) is 6.37. The minimum Gasteiger partial charge on any atom is -0.476 e. The molecular formula is C17H10BrN3O4. The van der Waals surface area contributed by atoms with Gasteiger partial charge in [0.25, 0.3) is 0 Å². The summed E-state index contributed by atoms with van der Waals surface area (Å²) >= 11 is 3.36. The number of carbonyl (C=O) groups is 2. The number of carboxylic acid groups (broad SMARTS) is 1. The molecule has 0 aliphatic heterocycles. The molecule has 0 saturated carbocycles. The van der Waals surface area contributed by atoms with Crippen LogP contribution in [0.2, 0.25) is 0 Å². The van der Waals surface area contributed by atoms with Crippen LogP contribution in [-0.2, 0) is 4.79 Å². The van der Waals surface area contributed by atoms with Crippen molar-refractivity contribution in [2.45, 2.75) is 6.92 Å². The number of aromatic carboxylic acids is 1. The van der Waals surface area contributed by atoms with Crippen LogP contribution in [0.1, 0.15) is 23.1 Å². The Hall–Kier alpha value is -3.18. The molecule has 0 atom stereocenters. The zero-order chi connectivity index (χ0) is 18.1. The summed E-state index contributed by atoms with van der Waals surface area (Å²) in [5.74, 6) is -2.28. The Bertz CT molecular complexity index is 1050. The van der Waals surface area contributed by atoms with Crippen LogP contribution < -0.4 is 4.74 Å². The van der Waals surface area contributed by atoms with E-state index in [4.69, 9.17) is 4.74 Å². The molecule has 0 bridgehead atoms. The maximum atomic E-state index is 11.5. The average Bonchev–Trinajstić information content (AvgIpc) is 2.93. The van der Waals surface area contributed by atoms with E-state index >= 15 is 0 Å². The summed E-state index contributed by atoms with van der Waals surface area (Å²) in [5, 5.41) is 19.1. The van der Waals surface area contributed by atoms with Crippen LogP contribution in [0.3, 0.4) is 0 Å². The summed E-state index contributed by atoms with van der Waals surface area (Å²) in [4.78, 5) is 26.9. The largest absolute Gasteiger partial charge is 0.476 e. The Balaban J connectivity index is 2.47. The van der Waals surface area contributed by atoms with Gasteiger partial charge in [0, 0.05) is 23.3 Å². The van der Waals surface area contributed by atoms with Gasteiger partial charge in [-0.1, -0.05) is 18.2 Å². The molecule has 0 spiro atoms. The molecule has 2 aromatic heterocycles. The molecule has 0 aliphatic carbocycles. The monoisotopic (exact) mass is 399 g/mol. The Morgan fingerprint density at radius 1 is 1.32 bits per heavy atom. The zero-order valence-corrected chi connectivity index (χ0v) is 14.4. The first-order valence-corrected chi connectivity index (χ1v) is 7.85. The first kappa shape index (κ1) is 16.7. The van der Waals surface area contributed by atoms with E-state index in [9.17, 15) is 20.0 Å². The molecule has 2 heterocycles. The molecule has 3 aromatic rings. The predicted molar refractivity (Wildman–Crippen MR) is 91.8 cm³/mol. The maximum Gasteiger partial charge on any atom is 0.358 e. The molecule has 3 rings (SSSR count). The standard InChI is InChI=1S/C17H10BrN3O4/c1-9(22)25-16-13-11(18)8-21(10-5-3-2-4-6-10)15(13)12(7-19)20-14(16)17(23)24/h2-6,8H,1H3,(H,23,24). The number of esters is 1. The number of hydrogen-bond donors (Lipinski definition) is 1. The van der Waals surface area contributed by atoms with Crippen molar-refractivity contribution in [1.82, 2.24) is 9.55 Å². The fourth-order valence-electron chi connectivity index (χ4n) is 2.52. The average molecular weight is 400 g/mol. The number of carbonyl (C=O) groups excluding carboxylic acids is 1.